The second-order valence-corrected chi connectivity index (χ2v) is 4.14. The number of hydrogen-bond acceptors (Lipinski definition) is 6. The molecule has 2 rings (SSSR count). The van der Waals surface area contributed by atoms with Crippen LogP contribution in [-0.2, 0) is 0 Å². The molecule has 0 amide bonds. The molecule has 0 fully saturated rings. The summed E-state index contributed by atoms with van der Waals surface area (Å²) in [6, 6.07) is 2.59. The fraction of sp³-hybridized carbons (Fsp3) is 0.364. The Labute approximate surface area is 103 Å². The third kappa shape index (κ3) is 2.25. The van der Waals surface area contributed by atoms with Crippen molar-refractivity contribution in [2.45, 2.75) is 0 Å². The number of ether oxygens (including phenoxy) is 2. The summed E-state index contributed by atoms with van der Waals surface area (Å²) < 4.78 is 10.2. The Hall–Kier alpha value is -2.15. The van der Waals surface area contributed by atoms with Gasteiger partial charge in [0.1, 0.15) is 5.56 Å². The number of nitrogens with zero attached hydrogens (tertiary/aromatic N) is 2. The van der Waals surface area contributed by atoms with Crippen molar-refractivity contribution in [1.82, 2.24) is 4.90 Å². The van der Waals surface area contributed by atoms with Crippen LogP contribution in [-0.4, -0.2) is 43.0 Å². The Morgan fingerprint density at radius 1 is 1.39 bits per heavy atom. The molecule has 1 aliphatic rings. The van der Waals surface area contributed by atoms with Gasteiger partial charge in [0.2, 0.25) is 6.79 Å². The van der Waals surface area contributed by atoms with Gasteiger partial charge < -0.3 is 14.4 Å². The minimum atomic E-state index is -0.592. The lowest BCUT2D eigenvalue weighted by atomic mass is 10.1. The van der Waals surface area contributed by atoms with Gasteiger partial charge in [0.15, 0.2) is 17.3 Å². The SMILES string of the molecule is CN(C)CC(=O)c1cc2c(cc1[N+](=O)[O-])OCO2. The number of Topliss-reactive ketones (excluding diaryl/α,β-unsaturated/α-hetero) is 1. The van der Waals surface area contributed by atoms with Gasteiger partial charge in [-0.05, 0) is 14.1 Å². The van der Waals surface area contributed by atoms with Crippen LogP contribution in [0.3, 0.4) is 0 Å². The molecule has 0 aliphatic carbocycles. The van der Waals surface area contributed by atoms with Crippen molar-refractivity contribution in [3.8, 4) is 11.5 Å². The van der Waals surface area contributed by atoms with E-state index in [9.17, 15) is 14.9 Å². The molecule has 0 saturated carbocycles. The van der Waals surface area contributed by atoms with E-state index in [0.717, 1.165) is 0 Å². The highest BCUT2D eigenvalue weighted by atomic mass is 16.7. The molecule has 0 bridgehead atoms. The predicted molar refractivity (Wildman–Crippen MR) is 62.1 cm³/mol. The molecule has 1 aliphatic heterocycles. The minimum absolute atomic E-state index is 0.0117. The van der Waals surface area contributed by atoms with Gasteiger partial charge in [0.05, 0.1) is 17.5 Å². The van der Waals surface area contributed by atoms with Gasteiger partial charge in [-0.25, -0.2) is 0 Å². The van der Waals surface area contributed by atoms with E-state index in [1.54, 1.807) is 19.0 Å². The molecule has 18 heavy (non-hydrogen) atoms. The first-order chi connectivity index (χ1) is 8.49. The molecule has 1 aromatic rings. The zero-order valence-corrected chi connectivity index (χ0v) is 10.0. The summed E-state index contributed by atoms with van der Waals surface area (Å²) in [5, 5.41) is 11.0. The van der Waals surface area contributed by atoms with E-state index >= 15 is 0 Å². The van der Waals surface area contributed by atoms with Crippen molar-refractivity contribution in [2.24, 2.45) is 0 Å². The molecule has 0 N–H and O–H groups in total. The molecule has 0 radical (unpaired) electrons. The molecule has 0 saturated heterocycles. The van der Waals surface area contributed by atoms with Crippen LogP contribution in [0.25, 0.3) is 0 Å². The van der Waals surface area contributed by atoms with Crippen molar-refractivity contribution in [1.29, 1.82) is 0 Å². The van der Waals surface area contributed by atoms with Crippen molar-refractivity contribution in [2.75, 3.05) is 27.4 Å². The lowest BCUT2D eigenvalue weighted by Crippen LogP contribution is -2.22. The number of hydrogen-bond donors (Lipinski definition) is 0. The van der Waals surface area contributed by atoms with Crippen molar-refractivity contribution in [3.63, 3.8) is 0 Å². The third-order valence-electron chi connectivity index (χ3n) is 2.45. The number of benzene rings is 1. The minimum Gasteiger partial charge on any atom is -0.454 e. The lowest BCUT2D eigenvalue weighted by molar-refractivity contribution is -0.385. The fourth-order valence-corrected chi connectivity index (χ4v) is 1.68. The number of fused-ring (bicyclic) bond motifs is 1. The summed E-state index contributed by atoms with van der Waals surface area (Å²) >= 11 is 0. The zero-order valence-electron chi connectivity index (χ0n) is 10.0. The third-order valence-corrected chi connectivity index (χ3v) is 2.45. The van der Waals surface area contributed by atoms with Crippen LogP contribution < -0.4 is 9.47 Å². The van der Waals surface area contributed by atoms with E-state index in [1.807, 2.05) is 0 Å². The standard InChI is InChI=1S/C11H12N2O5/c1-12(2)5-9(14)7-3-10-11(18-6-17-10)4-8(7)13(15)16/h3-4H,5-6H2,1-2H3. The summed E-state index contributed by atoms with van der Waals surface area (Å²) in [4.78, 5) is 23.9. The largest absolute Gasteiger partial charge is 0.454 e. The molecule has 1 heterocycles. The van der Waals surface area contributed by atoms with Crippen LogP contribution in [0.4, 0.5) is 5.69 Å². The van der Waals surface area contributed by atoms with E-state index in [2.05, 4.69) is 0 Å². The summed E-state index contributed by atoms with van der Waals surface area (Å²) in [6.07, 6.45) is 0. The number of nitro benzene ring substituents is 1. The summed E-state index contributed by atoms with van der Waals surface area (Å²) in [6.45, 7) is 0.109. The molecule has 0 atom stereocenters. The van der Waals surface area contributed by atoms with Crippen LogP contribution >= 0.6 is 0 Å². The summed E-state index contributed by atoms with van der Waals surface area (Å²) in [5.41, 5.74) is -0.218. The van der Waals surface area contributed by atoms with Crippen LogP contribution in [0.15, 0.2) is 12.1 Å². The Balaban J connectivity index is 2.44. The highest BCUT2D eigenvalue weighted by Gasteiger charge is 2.27. The highest BCUT2D eigenvalue weighted by molar-refractivity contribution is 6.02. The molecular weight excluding hydrogens is 240 g/mol. The van der Waals surface area contributed by atoms with Crippen molar-refractivity contribution in [3.05, 3.63) is 27.8 Å². The number of rotatable bonds is 4. The number of carbonyl (C=O) groups excluding carboxylic acids is 1. The number of ketones is 1. The lowest BCUT2D eigenvalue weighted by Gasteiger charge is -2.09. The maximum Gasteiger partial charge on any atom is 0.284 e. The van der Waals surface area contributed by atoms with Gasteiger partial charge in [-0.15, -0.1) is 0 Å². The predicted octanol–water partition coefficient (Wildman–Crippen LogP) is 1.07. The maximum atomic E-state index is 11.9. The van der Waals surface area contributed by atoms with Crippen molar-refractivity contribution >= 4 is 11.5 Å². The van der Waals surface area contributed by atoms with E-state index in [-0.39, 0.29) is 30.4 Å². The Kier molecular flexibility index (Phi) is 3.15. The number of carbonyl (C=O) groups is 1. The summed E-state index contributed by atoms with van der Waals surface area (Å²) in [5.74, 6) is 0.329. The molecule has 1 aromatic carbocycles. The van der Waals surface area contributed by atoms with Crippen LogP contribution in [0, 0.1) is 10.1 Å². The van der Waals surface area contributed by atoms with E-state index in [4.69, 9.17) is 9.47 Å². The summed E-state index contributed by atoms with van der Waals surface area (Å²) in [7, 11) is 3.44. The molecule has 7 heteroatoms. The van der Waals surface area contributed by atoms with Gasteiger partial charge in [-0.3, -0.25) is 14.9 Å². The van der Waals surface area contributed by atoms with Gasteiger partial charge in [-0.2, -0.15) is 0 Å². The van der Waals surface area contributed by atoms with Crippen LogP contribution in [0.1, 0.15) is 10.4 Å². The molecular formula is C11H12N2O5. The Morgan fingerprint density at radius 3 is 2.56 bits per heavy atom. The van der Waals surface area contributed by atoms with Gasteiger partial charge in [0.25, 0.3) is 5.69 Å². The molecule has 96 valence electrons. The quantitative estimate of drug-likeness (QED) is 0.453. The van der Waals surface area contributed by atoms with Gasteiger partial charge in [-0.1, -0.05) is 0 Å². The molecule has 0 unspecified atom stereocenters. The van der Waals surface area contributed by atoms with Gasteiger partial charge >= 0.3 is 0 Å². The first-order valence-corrected chi connectivity index (χ1v) is 5.25. The molecule has 7 nitrogen and oxygen atoms in total. The fourth-order valence-electron chi connectivity index (χ4n) is 1.68. The van der Waals surface area contributed by atoms with Crippen LogP contribution in [0.5, 0.6) is 11.5 Å². The first kappa shape index (κ1) is 12.3. The first-order valence-electron chi connectivity index (χ1n) is 5.25. The average molecular weight is 252 g/mol. The molecule has 0 aromatic heterocycles. The zero-order chi connectivity index (χ0) is 13.3. The number of likely N-dealkylation sites (N-methyl/N-ethyl adjacent to an activating group) is 1. The van der Waals surface area contributed by atoms with E-state index < -0.39 is 4.92 Å². The van der Waals surface area contributed by atoms with Crippen molar-refractivity contribution < 1.29 is 19.2 Å². The number of nitro groups is 1. The van der Waals surface area contributed by atoms with E-state index in [1.165, 1.54) is 12.1 Å². The smallest absolute Gasteiger partial charge is 0.284 e. The van der Waals surface area contributed by atoms with Crippen LogP contribution in [0.2, 0.25) is 0 Å². The topological polar surface area (TPSA) is 81.9 Å². The highest BCUT2D eigenvalue weighted by Crippen LogP contribution is 2.38. The normalized spacial score (nSPS) is 12.8. The van der Waals surface area contributed by atoms with E-state index in [0.29, 0.717) is 11.5 Å². The average Bonchev–Trinajstić information content (AvgIpc) is 2.72. The van der Waals surface area contributed by atoms with Gasteiger partial charge in [0, 0.05) is 6.07 Å². The second kappa shape index (κ2) is 4.61. The monoisotopic (exact) mass is 252 g/mol. The maximum absolute atomic E-state index is 11.9. The second-order valence-electron chi connectivity index (χ2n) is 4.14. The Morgan fingerprint density at radius 2 is 2.00 bits per heavy atom. The Bertz CT molecular complexity index is 512. The molecule has 0 spiro atoms.